The van der Waals surface area contributed by atoms with Gasteiger partial charge in [-0.25, -0.2) is 9.37 Å². The molecule has 0 amide bonds. The number of nitrogens with zero attached hydrogens (tertiary/aromatic N) is 1. The van der Waals surface area contributed by atoms with Gasteiger partial charge in [-0.3, -0.25) is 0 Å². The zero-order valence-corrected chi connectivity index (χ0v) is 12.7. The molecular weight excluding hydrogens is 309 g/mol. The monoisotopic (exact) mass is 321 g/mol. The minimum Gasteiger partial charge on any atom is -0.395 e. The number of aliphatic hydroxyl groups excluding tert-OH is 1. The van der Waals surface area contributed by atoms with Gasteiger partial charge in [0.2, 0.25) is 0 Å². The molecule has 0 aliphatic rings. The van der Waals surface area contributed by atoms with E-state index in [0.29, 0.717) is 22.8 Å². The first kappa shape index (κ1) is 15.8. The van der Waals surface area contributed by atoms with Gasteiger partial charge in [0.05, 0.1) is 16.7 Å². The summed E-state index contributed by atoms with van der Waals surface area (Å²) < 4.78 is 13.3. The Kier molecular flexibility index (Phi) is 6.06. The second-order valence-corrected chi connectivity index (χ2v) is 5.61. The van der Waals surface area contributed by atoms with Crippen LogP contribution >= 0.6 is 23.4 Å². The molecule has 2 nitrogen and oxygen atoms in total. The molecule has 0 unspecified atom stereocenters. The molecule has 0 saturated carbocycles. The Labute approximate surface area is 132 Å². The Balaban J connectivity index is 2.12. The molecular formula is C16H13ClFNOS. The summed E-state index contributed by atoms with van der Waals surface area (Å²) in [5, 5.41) is 10.2. The minimum atomic E-state index is -0.318. The zero-order chi connectivity index (χ0) is 15.1. The maximum absolute atomic E-state index is 13.3. The lowest BCUT2D eigenvalue weighted by atomic mass is 10.1. The SMILES string of the molecule is OCCC#Cc1cc(F)ccc1CSc1ccc(Cl)cn1. The largest absolute Gasteiger partial charge is 0.395 e. The van der Waals surface area contributed by atoms with Crippen LogP contribution in [-0.2, 0) is 5.75 Å². The summed E-state index contributed by atoms with van der Waals surface area (Å²) in [6.45, 7) is 0.00109. The average molecular weight is 322 g/mol. The van der Waals surface area contributed by atoms with Gasteiger partial charge in [0.25, 0.3) is 0 Å². The topological polar surface area (TPSA) is 33.1 Å². The number of benzene rings is 1. The van der Waals surface area contributed by atoms with Gasteiger partial charge in [-0.15, -0.1) is 11.8 Å². The highest BCUT2D eigenvalue weighted by Gasteiger charge is 2.04. The minimum absolute atomic E-state index is 0.00109. The number of halogens is 2. The van der Waals surface area contributed by atoms with E-state index in [0.717, 1.165) is 10.6 Å². The van der Waals surface area contributed by atoms with Crippen LogP contribution in [0.2, 0.25) is 5.02 Å². The van der Waals surface area contributed by atoms with Crippen molar-refractivity contribution in [2.75, 3.05) is 6.61 Å². The predicted molar refractivity (Wildman–Crippen MR) is 83.8 cm³/mol. The highest BCUT2D eigenvalue weighted by Crippen LogP contribution is 2.24. The summed E-state index contributed by atoms with van der Waals surface area (Å²) in [7, 11) is 0. The first-order valence-corrected chi connectivity index (χ1v) is 7.68. The Morgan fingerprint density at radius 2 is 2.14 bits per heavy atom. The fraction of sp³-hybridized carbons (Fsp3) is 0.188. The Morgan fingerprint density at radius 3 is 2.86 bits per heavy atom. The van der Waals surface area contributed by atoms with Crippen LogP contribution in [0, 0.1) is 17.7 Å². The molecule has 1 aromatic heterocycles. The van der Waals surface area contributed by atoms with Crippen molar-refractivity contribution in [3.8, 4) is 11.8 Å². The van der Waals surface area contributed by atoms with E-state index in [2.05, 4.69) is 16.8 Å². The highest BCUT2D eigenvalue weighted by atomic mass is 35.5. The molecule has 0 saturated heterocycles. The van der Waals surface area contributed by atoms with E-state index in [1.165, 1.54) is 23.9 Å². The molecule has 1 N–H and O–H groups in total. The second-order valence-electron chi connectivity index (χ2n) is 4.18. The third-order valence-corrected chi connectivity index (χ3v) is 3.82. The molecule has 1 aromatic carbocycles. The van der Waals surface area contributed by atoms with E-state index >= 15 is 0 Å². The molecule has 0 spiro atoms. The highest BCUT2D eigenvalue weighted by molar-refractivity contribution is 7.98. The van der Waals surface area contributed by atoms with Gasteiger partial charge in [0.15, 0.2) is 0 Å². The predicted octanol–water partition coefficient (Wildman–Crippen LogP) is 3.90. The van der Waals surface area contributed by atoms with Crippen molar-refractivity contribution in [2.45, 2.75) is 17.2 Å². The lowest BCUT2D eigenvalue weighted by Gasteiger charge is -2.05. The van der Waals surface area contributed by atoms with E-state index in [4.69, 9.17) is 16.7 Å². The molecule has 0 bridgehead atoms. The van der Waals surface area contributed by atoms with Gasteiger partial charge in [-0.1, -0.05) is 29.5 Å². The normalized spacial score (nSPS) is 10.0. The summed E-state index contributed by atoms with van der Waals surface area (Å²) in [6.07, 6.45) is 1.97. The molecule has 0 atom stereocenters. The number of pyridine rings is 1. The second kappa shape index (κ2) is 8.04. The van der Waals surface area contributed by atoms with Crippen LogP contribution in [0.1, 0.15) is 17.5 Å². The first-order chi connectivity index (χ1) is 10.2. The van der Waals surface area contributed by atoms with Gasteiger partial charge in [0.1, 0.15) is 5.82 Å². The smallest absolute Gasteiger partial charge is 0.124 e. The van der Waals surface area contributed by atoms with Crippen LogP contribution < -0.4 is 0 Å². The van der Waals surface area contributed by atoms with E-state index in [-0.39, 0.29) is 12.4 Å². The van der Waals surface area contributed by atoms with E-state index < -0.39 is 0 Å². The summed E-state index contributed by atoms with van der Waals surface area (Å²) in [5.41, 5.74) is 1.58. The molecule has 0 aliphatic carbocycles. The lowest BCUT2D eigenvalue weighted by Crippen LogP contribution is -1.90. The number of rotatable bonds is 4. The number of aliphatic hydroxyl groups is 1. The molecule has 5 heteroatoms. The number of aromatic nitrogens is 1. The van der Waals surface area contributed by atoms with Gasteiger partial charge in [-0.05, 0) is 29.8 Å². The summed E-state index contributed by atoms with van der Waals surface area (Å²) in [6, 6.07) is 8.18. The van der Waals surface area contributed by atoms with Crippen molar-refractivity contribution in [3.63, 3.8) is 0 Å². The van der Waals surface area contributed by atoms with Crippen LogP contribution in [0.25, 0.3) is 0 Å². The molecule has 21 heavy (non-hydrogen) atoms. The molecule has 2 aromatic rings. The quantitative estimate of drug-likeness (QED) is 0.685. The van der Waals surface area contributed by atoms with Crippen LogP contribution in [0.3, 0.4) is 0 Å². The Bertz CT molecular complexity index is 664. The van der Waals surface area contributed by atoms with Crippen LogP contribution in [0.5, 0.6) is 0 Å². The van der Waals surface area contributed by atoms with Gasteiger partial charge >= 0.3 is 0 Å². The zero-order valence-electron chi connectivity index (χ0n) is 11.1. The van der Waals surface area contributed by atoms with Crippen LogP contribution in [0.4, 0.5) is 4.39 Å². The molecule has 0 aliphatic heterocycles. The summed E-state index contributed by atoms with van der Waals surface area (Å²) >= 11 is 7.32. The van der Waals surface area contributed by atoms with Crippen LogP contribution in [-0.4, -0.2) is 16.7 Å². The number of thioether (sulfide) groups is 1. The van der Waals surface area contributed by atoms with Crippen LogP contribution in [0.15, 0.2) is 41.6 Å². The van der Waals surface area contributed by atoms with Gasteiger partial charge in [0, 0.05) is 23.9 Å². The van der Waals surface area contributed by atoms with Crippen molar-refractivity contribution in [3.05, 3.63) is 58.5 Å². The van der Waals surface area contributed by atoms with Gasteiger partial charge < -0.3 is 5.11 Å². The lowest BCUT2D eigenvalue weighted by molar-refractivity contribution is 0.305. The Hall–Kier alpha value is -1.54. The van der Waals surface area contributed by atoms with Crippen molar-refractivity contribution in [1.82, 2.24) is 4.98 Å². The van der Waals surface area contributed by atoms with E-state index in [1.807, 2.05) is 6.07 Å². The van der Waals surface area contributed by atoms with Gasteiger partial charge in [-0.2, -0.15) is 0 Å². The molecule has 2 rings (SSSR count). The Morgan fingerprint density at radius 1 is 1.29 bits per heavy atom. The fourth-order valence-corrected chi connectivity index (χ4v) is 2.56. The van der Waals surface area contributed by atoms with Crippen molar-refractivity contribution < 1.29 is 9.50 Å². The molecule has 0 fully saturated rings. The number of hydrogen-bond acceptors (Lipinski definition) is 3. The van der Waals surface area contributed by atoms with Crippen molar-refractivity contribution in [2.24, 2.45) is 0 Å². The molecule has 0 radical (unpaired) electrons. The maximum Gasteiger partial charge on any atom is 0.124 e. The molecule has 1 heterocycles. The maximum atomic E-state index is 13.3. The fourth-order valence-electron chi connectivity index (χ4n) is 1.60. The molecule has 108 valence electrons. The third kappa shape index (κ3) is 5.05. The van der Waals surface area contributed by atoms with Crippen molar-refractivity contribution >= 4 is 23.4 Å². The van der Waals surface area contributed by atoms with Crippen molar-refractivity contribution in [1.29, 1.82) is 0 Å². The third-order valence-electron chi connectivity index (χ3n) is 2.61. The average Bonchev–Trinajstić information content (AvgIpc) is 2.48. The van der Waals surface area contributed by atoms with E-state index in [9.17, 15) is 4.39 Å². The standard InChI is InChI=1S/C16H13ClFNOS/c17-14-5-7-16(19-10-14)21-11-13-4-6-15(18)9-12(13)3-1-2-8-20/h4-7,9-10,20H,2,8,11H2. The van der Waals surface area contributed by atoms with E-state index in [1.54, 1.807) is 18.3 Å². The first-order valence-electron chi connectivity index (χ1n) is 6.31. The summed E-state index contributed by atoms with van der Waals surface area (Å²) in [4.78, 5) is 4.20. The summed E-state index contributed by atoms with van der Waals surface area (Å²) in [5.74, 6) is 6.03. The number of hydrogen-bond donors (Lipinski definition) is 1.